The Kier molecular flexibility index (Phi) is 5.21. The van der Waals surface area contributed by atoms with Crippen molar-refractivity contribution in [1.29, 1.82) is 0 Å². The van der Waals surface area contributed by atoms with Gasteiger partial charge in [0.05, 0.1) is 13.2 Å². The molecule has 1 N–H and O–H groups in total. The van der Waals surface area contributed by atoms with Gasteiger partial charge in [-0.3, -0.25) is 4.79 Å². The largest absolute Gasteiger partial charge is 0.496 e. The van der Waals surface area contributed by atoms with Gasteiger partial charge >= 0.3 is 0 Å². The molecule has 0 heterocycles. The number of nitrogens with one attached hydrogen (secondary N) is 1. The van der Waals surface area contributed by atoms with E-state index in [1.807, 2.05) is 61.5 Å². The van der Waals surface area contributed by atoms with Crippen LogP contribution in [0.15, 0.2) is 54.6 Å². The van der Waals surface area contributed by atoms with E-state index in [-0.39, 0.29) is 18.6 Å². The molecule has 2 aromatic rings. The van der Waals surface area contributed by atoms with Gasteiger partial charge in [0.25, 0.3) is 5.91 Å². The Morgan fingerprint density at radius 3 is 2.48 bits per heavy atom. The van der Waals surface area contributed by atoms with Crippen LogP contribution < -0.4 is 14.8 Å². The van der Waals surface area contributed by atoms with Gasteiger partial charge in [0.1, 0.15) is 11.5 Å². The molecule has 0 fully saturated rings. The minimum Gasteiger partial charge on any atom is -0.496 e. The third-order valence-corrected chi connectivity index (χ3v) is 3.10. The van der Waals surface area contributed by atoms with Crippen LogP contribution in [0.5, 0.6) is 11.5 Å². The van der Waals surface area contributed by atoms with Crippen LogP contribution in [0, 0.1) is 0 Å². The zero-order valence-electron chi connectivity index (χ0n) is 12.2. The van der Waals surface area contributed by atoms with Gasteiger partial charge in [-0.15, -0.1) is 0 Å². The molecule has 110 valence electrons. The predicted molar refractivity (Wildman–Crippen MR) is 81.5 cm³/mol. The topological polar surface area (TPSA) is 47.6 Å². The van der Waals surface area contributed by atoms with E-state index in [1.54, 1.807) is 7.11 Å². The first-order valence-electron chi connectivity index (χ1n) is 6.81. The molecule has 0 aromatic heterocycles. The van der Waals surface area contributed by atoms with Gasteiger partial charge in [-0.05, 0) is 25.1 Å². The second kappa shape index (κ2) is 7.33. The van der Waals surface area contributed by atoms with Crippen LogP contribution in [0.3, 0.4) is 0 Å². The molecule has 4 heteroatoms. The lowest BCUT2D eigenvalue weighted by Crippen LogP contribution is -2.31. The number of amides is 1. The summed E-state index contributed by atoms with van der Waals surface area (Å²) >= 11 is 0. The van der Waals surface area contributed by atoms with Crippen molar-refractivity contribution in [3.05, 3.63) is 60.2 Å². The van der Waals surface area contributed by atoms with E-state index in [0.717, 1.165) is 11.3 Å². The molecule has 21 heavy (non-hydrogen) atoms. The summed E-state index contributed by atoms with van der Waals surface area (Å²) in [7, 11) is 1.62. The molecule has 2 aromatic carbocycles. The quantitative estimate of drug-likeness (QED) is 0.887. The first kappa shape index (κ1) is 14.9. The second-order valence-electron chi connectivity index (χ2n) is 4.63. The predicted octanol–water partition coefficient (Wildman–Crippen LogP) is 2.95. The van der Waals surface area contributed by atoms with Crippen LogP contribution in [-0.2, 0) is 4.79 Å². The zero-order chi connectivity index (χ0) is 15.1. The maximum atomic E-state index is 11.9. The zero-order valence-corrected chi connectivity index (χ0v) is 12.2. The number of rotatable bonds is 6. The third-order valence-electron chi connectivity index (χ3n) is 3.10. The van der Waals surface area contributed by atoms with Crippen molar-refractivity contribution >= 4 is 5.91 Å². The minimum absolute atomic E-state index is 0.0104. The fraction of sp³-hybridized carbons (Fsp3) is 0.235. The van der Waals surface area contributed by atoms with E-state index < -0.39 is 0 Å². The van der Waals surface area contributed by atoms with Crippen molar-refractivity contribution in [1.82, 2.24) is 5.32 Å². The van der Waals surface area contributed by atoms with Gasteiger partial charge in [-0.25, -0.2) is 0 Å². The van der Waals surface area contributed by atoms with Gasteiger partial charge in [-0.2, -0.15) is 0 Å². The molecule has 2 rings (SSSR count). The van der Waals surface area contributed by atoms with Crippen molar-refractivity contribution in [3.63, 3.8) is 0 Å². The van der Waals surface area contributed by atoms with Gasteiger partial charge in [0.2, 0.25) is 0 Å². The average molecular weight is 285 g/mol. The van der Waals surface area contributed by atoms with E-state index in [2.05, 4.69) is 5.32 Å². The molecular formula is C17H19NO3. The molecule has 0 aliphatic heterocycles. The van der Waals surface area contributed by atoms with Crippen molar-refractivity contribution < 1.29 is 14.3 Å². The van der Waals surface area contributed by atoms with Crippen LogP contribution in [0.4, 0.5) is 0 Å². The molecule has 1 atom stereocenters. The summed E-state index contributed by atoms with van der Waals surface area (Å²) in [5.74, 6) is 1.27. The molecule has 0 spiro atoms. The molecule has 0 radical (unpaired) electrons. The van der Waals surface area contributed by atoms with Gasteiger partial charge < -0.3 is 14.8 Å². The monoisotopic (exact) mass is 285 g/mol. The van der Waals surface area contributed by atoms with Gasteiger partial charge in [0, 0.05) is 5.56 Å². The fourth-order valence-electron chi connectivity index (χ4n) is 2.05. The second-order valence-corrected chi connectivity index (χ2v) is 4.63. The Hall–Kier alpha value is -2.49. The Morgan fingerprint density at radius 2 is 1.76 bits per heavy atom. The number of hydrogen-bond acceptors (Lipinski definition) is 3. The maximum absolute atomic E-state index is 11.9. The van der Waals surface area contributed by atoms with Crippen LogP contribution in [0.25, 0.3) is 0 Å². The Bertz CT molecular complexity index is 584. The summed E-state index contributed by atoms with van der Waals surface area (Å²) in [6, 6.07) is 16.7. The van der Waals surface area contributed by atoms with Gasteiger partial charge in [-0.1, -0.05) is 36.4 Å². The first-order valence-corrected chi connectivity index (χ1v) is 6.81. The lowest BCUT2D eigenvalue weighted by Gasteiger charge is -2.17. The Labute approximate surface area is 124 Å². The van der Waals surface area contributed by atoms with Crippen molar-refractivity contribution in [2.24, 2.45) is 0 Å². The fourth-order valence-corrected chi connectivity index (χ4v) is 2.05. The summed E-state index contributed by atoms with van der Waals surface area (Å²) in [5, 5.41) is 2.90. The highest BCUT2D eigenvalue weighted by atomic mass is 16.5. The van der Waals surface area contributed by atoms with Crippen LogP contribution in [-0.4, -0.2) is 19.6 Å². The Balaban J connectivity index is 1.90. The first-order chi connectivity index (χ1) is 10.2. The third kappa shape index (κ3) is 4.24. The molecular weight excluding hydrogens is 266 g/mol. The normalized spacial score (nSPS) is 11.5. The van der Waals surface area contributed by atoms with Crippen molar-refractivity contribution in [2.75, 3.05) is 13.7 Å². The van der Waals surface area contributed by atoms with E-state index in [9.17, 15) is 4.79 Å². The standard InChI is InChI=1S/C17H19NO3/c1-13(15-10-6-7-11-16(15)20-2)18-17(19)12-21-14-8-4-3-5-9-14/h3-11,13H,12H2,1-2H3,(H,18,19). The smallest absolute Gasteiger partial charge is 0.258 e. The molecule has 4 nitrogen and oxygen atoms in total. The van der Waals surface area contributed by atoms with E-state index in [1.165, 1.54) is 0 Å². The lowest BCUT2D eigenvalue weighted by molar-refractivity contribution is -0.123. The summed E-state index contributed by atoms with van der Waals surface area (Å²) < 4.78 is 10.7. The number of carbonyl (C=O) groups is 1. The van der Waals surface area contributed by atoms with Crippen LogP contribution in [0.1, 0.15) is 18.5 Å². The highest BCUT2D eigenvalue weighted by Crippen LogP contribution is 2.24. The molecule has 0 saturated heterocycles. The Morgan fingerprint density at radius 1 is 1.10 bits per heavy atom. The number of benzene rings is 2. The molecule has 0 bridgehead atoms. The molecule has 0 aliphatic rings. The van der Waals surface area contributed by atoms with E-state index in [0.29, 0.717) is 5.75 Å². The molecule has 1 amide bonds. The lowest BCUT2D eigenvalue weighted by atomic mass is 10.1. The number of para-hydroxylation sites is 2. The molecule has 0 aliphatic carbocycles. The highest BCUT2D eigenvalue weighted by molar-refractivity contribution is 5.78. The SMILES string of the molecule is COc1ccccc1C(C)NC(=O)COc1ccccc1. The summed E-state index contributed by atoms with van der Waals surface area (Å²) in [6.45, 7) is 1.90. The van der Waals surface area contributed by atoms with Gasteiger partial charge in [0.15, 0.2) is 6.61 Å². The molecule has 0 saturated carbocycles. The van der Waals surface area contributed by atoms with Crippen LogP contribution in [0.2, 0.25) is 0 Å². The van der Waals surface area contributed by atoms with Crippen molar-refractivity contribution in [2.45, 2.75) is 13.0 Å². The summed E-state index contributed by atoms with van der Waals surface area (Å²) in [5.41, 5.74) is 0.938. The number of carbonyl (C=O) groups excluding carboxylic acids is 1. The molecule has 1 unspecified atom stereocenters. The summed E-state index contributed by atoms with van der Waals surface area (Å²) in [6.07, 6.45) is 0. The maximum Gasteiger partial charge on any atom is 0.258 e. The summed E-state index contributed by atoms with van der Waals surface area (Å²) in [4.78, 5) is 11.9. The number of hydrogen-bond donors (Lipinski definition) is 1. The van der Waals surface area contributed by atoms with Crippen molar-refractivity contribution in [3.8, 4) is 11.5 Å². The average Bonchev–Trinajstić information content (AvgIpc) is 2.53. The minimum atomic E-state index is -0.169. The van der Waals surface area contributed by atoms with E-state index >= 15 is 0 Å². The number of ether oxygens (including phenoxy) is 2. The van der Waals surface area contributed by atoms with E-state index in [4.69, 9.17) is 9.47 Å². The highest BCUT2D eigenvalue weighted by Gasteiger charge is 2.13. The number of methoxy groups -OCH3 is 1. The van der Waals surface area contributed by atoms with Crippen LogP contribution >= 0.6 is 0 Å².